The highest BCUT2D eigenvalue weighted by molar-refractivity contribution is 6.30. The summed E-state index contributed by atoms with van der Waals surface area (Å²) in [5.41, 5.74) is 5.35. The number of amides is 3. The molecule has 3 amide bonds. The summed E-state index contributed by atoms with van der Waals surface area (Å²) in [5, 5.41) is 37.2. The number of hydrogen-bond acceptors (Lipinski definition) is 7. The van der Waals surface area contributed by atoms with Gasteiger partial charge in [0.25, 0.3) is 5.91 Å². The molecule has 1 aromatic carbocycles. The van der Waals surface area contributed by atoms with Crippen molar-refractivity contribution >= 4 is 35.2 Å². The molecule has 0 aromatic heterocycles. The first-order chi connectivity index (χ1) is 15.4. The van der Waals surface area contributed by atoms with Crippen molar-refractivity contribution < 1.29 is 29.9 Å². The molecule has 0 saturated carbocycles. The van der Waals surface area contributed by atoms with Crippen molar-refractivity contribution in [2.75, 3.05) is 6.54 Å². The van der Waals surface area contributed by atoms with Gasteiger partial charge in [0, 0.05) is 24.4 Å². The number of nitrogens with one attached hydrogen (secondary N) is 3. The maximum absolute atomic E-state index is 13.2. The van der Waals surface area contributed by atoms with E-state index in [0.717, 1.165) is 0 Å². The Kier molecular flexibility index (Phi) is 11.1. The predicted molar refractivity (Wildman–Crippen MR) is 122 cm³/mol. The SMILES string of the molecule is CC(C)C[C@@](O)(C(=O)N[C@@H](Cc1ccc(Cl)cc1)C(=O)NCCC(N)=NO)[C@H](C)C(=O)NO. The van der Waals surface area contributed by atoms with Crippen LogP contribution in [0.3, 0.4) is 0 Å². The van der Waals surface area contributed by atoms with E-state index in [2.05, 4.69) is 15.8 Å². The molecule has 1 rings (SSSR count). The number of carbonyl (C=O) groups excluding carboxylic acids is 3. The molecule has 1 aromatic rings. The molecule has 33 heavy (non-hydrogen) atoms. The van der Waals surface area contributed by atoms with E-state index in [0.29, 0.717) is 10.6 Å². The summed E-state index contributed by atoms with van der Waals surface area (Å²) in [5.74, 6) is -4.01. The summed E-state index contributed by atoms with van der Waals surface area (Å²) >= 11 is 5.91. The molecule has 0 heterocycles. The Morgan fingerprint density at radius 3 is 2.27 bits per heavy atom. The first kappa shape index (κ1) is 28.1. The van der Waals surface area contributed by atoms with Gasteiger partial charge in [-0.15, -0.1) is 0 Å². The van der Waals surface area contributed by atoms with Gasteiger partial charge in [-0.25, -0.2) is 5.48 Å². The van der Waals surface area contributed by atoms with Gasteiger partial charge in [0.05, 0.1) is 5.92 Å². The van der Waals surface area contributed by atoms with Crippen LogP contribution in [0, 0.1) is 11.8 Å². The van der Waals surface area contributed by atoms with Gasteiger partial charge in [-0.3, -0.25) is 19.6 Å². The molecule has 0 fully saturated rings. The first-order valence-electron chi connectivity index (χ1n) is 10.4. The molecule has 0 aliphatic carbocycles. The molecule has 12 heteroatoms. The summed E-state index contributed by atoms with van der Waals surface area (Å²) in [6, 6.07) is 5.53. The van der Waals surface area contributed by atoms with Gasteiger partial charge in [0.2, 0.25) is 11.8 Å². The van der Waals surface area contributed by atoms with Gasteiger partial charge < -0.3 is 26.7 Å². The molecule has 0 unspecified atom stereocenters. The Balaban J connectivity index is 3.15. The maximum Gasteiger partial charge on any atom is 0.253 e. The molecule has 8 N–H and O–H groups in total. The lowest BCUT2D eigenvalue weighted by molar-refractivity contribution is -0.159. The third-order valence-electron chi connectivity index (χ3n) is 5.12. The number of carbonyl (C=O) groups is 3. The van der Waals surface area contributed by atoms with Crippen molar-refractivity contribution in [1.82, 2.24) is 16.1 Å². The molecule has 0 aliphatic heterocycles. The Morgan fingerprint density at radius 1 is 1.15 bits per heavy atom. The summed E-state index contributed by atoms with van der Waals surface area (Å²) in [7, 11) is 0. The third-order valence-corrected chi connectivity index (χ3v) is 5.37. The Morgan fingerprint density at radius 2 is 1.76 bits per heavy atom. The van der Waals surface area contributed by atoms with Crippen LogP contribution in [0.4, 0.5) is 0 Å². The summed E-state index contributed by atoms with van der Waals surface area (Å²) in [4.78, 5) is 38.0. The number of nitrogens with zero attached hydrogens (tertiary/aromatic N) is 1. The predicted octanol–water partition coefficient (Wildman–Crippen LogP) is 0.539. The van der Waals surface area contributed by atoms with E-state index >= 15 is 0 Å². The van der Waals surface area contributed by atoms with Crippen molar-refractivity contribution in [2.24, 2.45) is 22.7 Å². The monoisotopic (exact) mass is 485 g/mol. The van der Waals surface area contributed by atoms with Gasteiger partial charge in [-0.1, -0.05) is 49.7 Å². The standard InChI is InChI=1S/C21H32ClN5O6/c1-12(2)11-21(31,13(3)18(28)27-33)20(30)25-16(10-14-4-6-15(22)7-5-14)19(29)24-9-8-17(23)26-32/h4-7,12-13,16,31-33H,8-11H2,1-3H3,(H2,23,26)(H,24,29)(H,25,30)(H,27,28)/t13-,16+,21+/m1/s1. The molecule has 0 saturated heterocycles. The molecule has 184 valence electrons. The van der Waals surface area contributed by atoms with Crippen LogP contribution >= 0.6 is 11.6 Å². The number of oxime groups is 1. The molecule has 0 radical (unpaired) electrons. The number of rotatable bonds is 12. The number of nitrogens with two attached hydrogens (primary N) is 1. The third kappa shape index (κ3) is 8.52. The number of aliphatic hydroxyl groups is 1. The van der Waals surface area contributed by atoms with E-state index in [1.807, 2.05) is 0 Å². The quantitative estimate of drug-likeness (QED) is 0.0739. The minimum Gasteiger partial charge on any atom is -0.409 e. The zero-order valence-corrected chi connectivity index (χ0v) is 19.6. The summed E-state index contributed by atoms with van der Waals surface area (Å²) in [6.07, 6.45) is 0.0533. The number of halogens is 1. The fourth-order valence-electron chi connectivity index (χ4n) is 3.24. The highest BCUT2D eigenvalue weighted by atomic mass is 35.5. The van der Waals surface area contributed by atoms with Crippen molar-refractivity contribution in [3.63, 3.8) is 0 Å². The van der Waals surface area contributed by atoms with Crippen LogP contribution in [-0.2, 0) is 20.8 Å². The van der Waals surface area contributed by atoms with Crippen molar-refractivity contribution in [2.45, 2.75) is 51.7 Å². The number of hydrogen-bond donors (Lipinski definition) is 7. The van der Waals surface area contributed by atoms with Crippen LogP contribution in [0.25, 0.3) is 0 Å². The summed E-state index contributed by atoms with van der Waals surface area (Å²) < 4.78 is 0. The van der Waals surface area contributed by atoms with Crippen LogP contribution in [0.15, 0.2) is 29.4 Å². The van der Waals surface area contributed by atoms with Crippen molar-refractivity contribution in [1.29, 1.82) is 0 Å². The van der Waals surface area contributed by atoms with E-state index in [-0.39, 0.29) is 37.6 Å². The normalized spacial score (nSPS) is 15.3. The van der Waals surface area contributed by atoms with E-state index in [1.165, 1.54) is 12.4 Å². The van der Waals surface area contributed by atoms with Gasteiger partial charge in [-0.05, 0) is 30.0 Å². The fraction of sp³-hybridized carbons (Fsp3) is 0.524. The minimum atomic E-state index is -2.19. The van der Waals surface area contributed by atoms with Gasteiger partial charge in [0.1, 0.15) is 11.9 Å². The van der Waals surface area contributed by atoms with Crippen LogP contribution in [0.5, 0.6) is 0 Å². The van der Waals surface area contributed by atoms with Gasteiger partial charge in [-0.2, -0.15) is 0 Å². The molecule has 11 nitrogen and oxygen atoms in total. The van der Waals surface area contributed by atoms with Crippen molar-refractivity contribution in [3.8, 4) is 0 Å². The number of hydroxylamine groups is 1. The Labute approximate surface area is 197 Å². The zero-order chi connectivity index (χ0) is 25.2. The largest absolute Gasteiger partial charge is 0.409 e. The van der Waals surface area contributed by atoms with Crippen molar-refractivity contribution in [3.05, 3.63) is 34.9 Å². The maximum atomic E-state index is 13.2. The van der Waals surface area contributed by atoms with Gasteiger partial charge >= 0.3 is 0 Å². The molecule has 0 aliphatic rings. The second kappa shape index (κ2) is 13.0. The Hall–Kier alpha value is -2.89. The molecule has 0 bridgehead atoms. The average molecular weight is 486 g/mol. The lowest BCUT2D eigenvalue weighted by Gasteiger charge is -2.34. The second-order valence-electron chi connectivity index (χ2n) is 8.21. The first-order valence-corrected chi connectivity index (χ1v) is 10.8. The minimum absolute atomic E-state index is 0.0430. The summed E-state index contributed by atoms with van der Waals surface area (Å²) in [6.45, 7) is 4.86. The van der Waals surface area contributed by atoms with Crippen LogP contribution in [0.2, 0.25) is 5.02 Å². The van der Waals surface area contributed by atoms with E-state index < -0.39 is 35.3 Å². The number of benzene rings is 1. The number of amidine groups is 1. The van der Waals surface area contributed by atoms with Crippen LogP contribution in [0.1, 0.15) is 39.2 Å². The molecular weight excluding hydrogens is 454 g/mol. The molecule has 3 atom stereocenters. The highest BCUT2D eigenvalue weighted by Crippen LogP contribution is 2.27. The lowest BCUT2D eigenvalue weighted by Crippen LogP contribution is -2.60. The molecule has 0 spiro atoms. The second-order valence-corrected chi connectivity index (χ2v) is 8.65. The smallest absolute Gasteiger partial charge is 0.253 e. The van der Waals surface area contributed by atoms with E-state index in [9.17, 15) is 19.5 Å². The lowest BCUT2D eigenvalue weighted by atomic mass is 9.80. The van der Waals surface area contributed by atoms with Gasteiger partial charge in [0.15, 0.2) is 5.60 Å². The zero-order valence-electron chi connectivity index (χ0n) is 18.8. The average Bonchev–Trinajstić information content (AvgIpc) is 2.77. The fourth-order valence-corrected chi connectivity index (χ4v) is 3.36. The Bertz CT molecular complexity index is 848. The molecular formula is C21H32ClN5O6. The topological polar surface area (TPSA) is 186 Å². The van der Waals surface area contributed by atoms with E-state index in [1.54, 1.807) is 38.1 Å². The van der Waals surface area contributed by atoms with Crippen LogP contribution in [-0.4, -0.2) is 57.3 Å². The highest BCUT2D eigenvalue weighted by Gasteiger charge is 2.46. The van der Waals surface area contributed by atoms with E-state index in [4.69, 9.17) is 27.7 Å². The van der Waals surface area contributed by atoms with Crippen LogP contribution < -0.4 is 21.8 Å².